The third-order valence-electron chi connectivity index (χ3n) is 2.22. The first-order valence-corrected chi connectivity index (χ1v) is 5.71. The van der Waals surface area contributed by atoms with Crippen LogP contribution in [-0.2, 0) is 4.79 Å². The highest BCUT2D eigenvalue weighted by molar-refractivity contribution is 5.78. The zero-order chi connectivity index (χ0) is 12.5. The van der Waals surface area contributed by atoms with E-state index in [4.69, 9.17) is 4.74 Å². The monoisotopic (exact) mass is 235 g/mol. The van der Waals surface area contributed by atoms with Gasteiger partial charge in [0.1, 0.15) is 12.0 Å². The van der Waals surface area contributed by atoms with Crippen molar-refractivity contribution in [2.75, 3.05) is 13.2 Å². The molecule has 92 valence electrons. The van der Waals surface area contributed by atoms with Crippen molar-refractivity contribution < 1.29 is 14.3 Å². The van der Waals surface area contributed by atoms with E-state index in [2.05, 4.69) is 12.2 Å². The van der Waals surface area contributed by atoms with E-state index in [1.807, 2.05) is 0 Å². The molecule has 0 aliphatic carbocycles. The third-order valence-corrected chi connectivity index (χ3v) is 2.22. The highest BCUT2D eigenvalue weighted by Crippen LogP contribution is 2.11. The maximum absolute atomic E-state index is 11.3. The van der Waals surface area contributed by atoms with E-state index < -0.39 is 0 Å². The van der Waals surface area contributed by atoms with Crippen molar-refractivity contribution in [1.82, 2.24) is 5.32 Å². The predicted molar refractivity (Wildman–Crippen MR) is 65.2 cm³/mol. The minimum Gasteiger partial charge on any atom is -0.484 e. The van der Waals surface area contributed by atoms with Crippen LogP contribution in [0.5, 0.6) is 5.75 Å². The number of carbonyl (C=O) groups excluding carboxylic acids is 2. The lowest BCUT2D eigenvalue weighted by atomic mass is 10.2. The SMILES string of the molecule is CCCCNC(=O)COc1cccc(C=O)c1. The number of aldehydes is 1. The topological polar surface area (TPSA) is 55.4 Å². The van der Waals surface area contributed by atoms with E-state index >= 15 is 0 Å². The zero-order valence-electron chi connectivity index (χ0n) is 9.94. The Labute approximate surface area is 101 Å². The lowest BCUT2D eigenvalue weighted by Crippen LogP contribution is -2.29. The van der Waals surface area contributed by atoms with Crippen LogP contribution in [0.3, 0.4) is 0 Å². The Morgan fingerprint density at radius 2 is 2.29 bits per heavy atom. The van der Waals surface area contributed by atoms with Gasteiger partial charge in [-0.15, -0.1) is 0 Å². The van der Waals surface area contributed by atoms with Crippen molar-refractivity contribution >= 4 is 12.2 Å². The van der Waals surface area contributed by atoms with Gasteiger partial charge in [-0.05, 0) is 18.6 Å². The number of nitrogens with one attached hydrogen (secondary N) is 1. The van der Waals surface area contributed by atoms with Crippen molar-refractivity contribution in [2.45, 2.75) is 19.8 Å². The maximum Gasteiger partial charge on any atom is 0.257 e. The molecule has 1 aromatic carbocycles. The maximum atomic E-state index is 11.3. The van der Waals surface area contributed by atoms with E-state index in [1.165, 1.54) is 0 Å². The van der Waals surface area contributed by atoms with Crippen LogP contribution in [-0.4, -0.2) is 25.3 Å². The summed E-state index contributed by atoms with van der Waals surface area (Å²) in [7, 11) is 0. The van der Waals surface area contributed by atoms with Crippen LogP contribution in [0.15, 0.2) is 24.3 Å². The molecule has 0 unspecified atom stereocenters. The smallest absolute Gasteiger partial charge is 0.257 e. The Morgan fingerprint density at radius 3 is 3.00 bits per heavy atom. The number of hydrogen-bond donors (Lipinski definition) is 1. The number of unbranched alkanes of at least 4 members (excludes halogenated alkanes) is 1. The van der Waals surface area contributed by atoms with Crippen LogP contribution in [0.2, 0.25) is 0 Å². The summed E-state index contributed by atoms with van der Waals surface area (Å²) in [5.74, 6) is 0.384. The molecule has 1 rings (SSSR count). The van der Waals surface area contributed by atoms with Gasteiger partial charge < -0.3 is 10.1 Å². The van der Waals surface area contributed by atoms with Gasteiger partial charge in [-0.1, -0.05) is 25.5 Å². The minimum atomic E-state index is -0.144. The quantitative estimate of drug-likeness (QED) is 0.579. The number of rotatable bonds is 7. The first-order chi connectivity index (χ1) is 8.26. The van der Waals surface area contributed by atoms with Crippen LogP contribution < -0.4 is 10.1 Å². The normalized spacial score (nSPS) is 9.71. The number of benzene rings is 1. The average Bonchev–Trinajstić information content (AvgIpc) is 2.37. The molecule has 4 nitrogen and oxygen atoms in total. The van der Waals surface area contributed by atoms with Gasteiger partial charge in [-0.3, -0.25) is 9.59 Å². The van der Waals surface area contributed by atoms with Crippen LogP contribution in [0.4, 0.5) is 0 Å². The third kappa shape index (κ3) is 5.15. The van der Waals surface area contributed by atoms with Gasteiger partial charge in [0.2, 0.25) is 0 Å². The Bertz CT molecular complexity index is 377. The van der Waals surface area contributed by atoms with E-state index in [0.717, 1.165) is 19.1 Å². The summed E-state index contributed by atoms with van der Waals surface area (Å²) in [6.45, 7) is 2.71. The van der Waals surface area contributed by atoms with Gasteiger partial charge in [0, 0.05) is 12.1 Å². The number of carbonyl (C=O) groups is 2. The lowest BCUT2D eigenvalue weighted by molar-refractivity contribution is -0.123. The first-order valence-electron chi connectivity index (χ1n) is 5.71. The van der Waals surface area contributed by atoms with E-state index in [1.54, 1.807) is 24.3 Å². The number of amides is 1. The van der Waals surface area contributed by atoms with Crippen LogP contribution in [0.1, 0.15) is 30.1 Å². The van der Waals surface area contributed by atoms with Gasteiger partial charge in [-0.25, -0.2) is 0 Å². The molecule has 0 saturated carbocycles. The van der Waals surface area contributed by atoms with Crippen LogP contribution >= 0.6 is 0 Å². The van der Waals surface area contributed by atoms with Crippen molar-refractivity contribution in [2.24, 2.45) is 0 Å². The molecule has 1 aromatic rings. The van der Waals surface area contributed by atoms with E-state index in [9.17, 15) is 9.59 Å². The predicted octanol–water partition coefficient (Wildman–Crippen LogP) is 1.79. The van der Waals surface area contributed by atoms with Crippen molar-refractivity contribution in [1.29, 1.82) is 0 Å². The Hall–Kier alpha value is -1.84. The molecule has 1 N–H and O–H groups in total. The summed E-state index contributed by atoms with van der Waals surface area (Å²) in [5.41, 5.74) is 0.536. The van der Waals surface area contributed by atoms with E-state index in [0.29, 0.717) is 17.9 Å². The summed E-state index contributed by atoms with van der Waals surface area (Å²) in [6, 6.07) is 6.72. The summed E-state index contributed by atoms with van der Waals surface area (Å²) < 4.78 is 5.27. The van der Waals surface area contributed by atoms with Crippen molar-refractivity contribution in [3.05, 3.63) is 29.8 Å². The molecule has 0 bridgehead atoms. The molecular weight excluding hydrogens is 218 g/mol. The highest BCUT2D eigenvalue weighted by atomic mass is 16.5. The second kappa shape index (κ2) is 7.44. The Kier molecular flexibility index (Phi) is 5.79. The standard InChI is InChI=1S/C13H17NO3/c1-2-3-7-14-13(16)10-17-12-6-4-5-11(8-12)9-15/h4-6,8-9H,2-3,7,10H2,1H3,(H,14,16). The summed E-state index contributed by atoms with van der Waals surface area (Å²) in [5, 5.41) is 2.75. The van der Waals surface area contributed by atoms with Crippen LogP contribution in [0.25, 0.3) is 0 Å². The molecule has 0 aliphatic heterocycles. The molecular formula is C13H17NO3. The molecule has 0 saturated heterocycles. The lowest BCUT2D eigenvalue weighted by Gasteiger charge is -2.07. The highest BCUT2D eigenvalue weighted by Gasteiger charge is 2.02. The minimum absolute atomic E-state index is 0.0218. The zero-order valence-corrected chi connectivity index (χ0v) is 9.94. The average molecular weight is 235 g/mol. The van der Waals surface area contributed by atoms with Crippen molar-refractivity contribution in [3.8, 4) is 5.75 Å². The Balaban J connectivity index is 2.34. The summed E-state index contributed by atoms with van der Waals surface area (Å²) in [4.78, 5) is 21.9. The second-order valence-electron chi connectivity index (χ2n) is 3.68. The molecule has 0 fully saturated rings. The summed E-state index contributed by atoms with van der Waals surface area (Å²) in [6.07, 6.45) is 2.75. The molecule has 0 radical (unpaired) electrons. The summed E-state index contributed by atoms with van der Waals surface area (Å²) >= 11 is 0. The fraction of sp³-hybridized carbons (Fsp3) is 0.385. The molecule has 1 amide bonds. The molecule has 4 heteroatoms. The molecule has 0 heterocycles. The van der Waals surface area contributed by atoms with Gasteiger partial charge in [0.25, 0.3) is 5.91 Å². The fourth-order valence-electron chi connectivity index (χ4n) is 1.28. The molecule has 0 aliphatic rings. The van der Waals surface area contributed by atoms with Gasteiger partial charge >= 0.3 is 0 Å². The Morgan fingerprint density at radius 1 is 1.47 bits per heavy atom. The fourth-order valence-corrected chi connectivity index (χ4v) is 1.28. The molecule has 0 aromatic heterocycles. The van der Waals surface area contributed by atoms with Crippen LogP contribution in [0, 0.1) is 0 Å². The van der Waals surface area contributed by atoms with Gasteiger partial charge in [0.15, 0.2) is 6.61 Å². The first kappa shape index (κ1) is 13.2. The van der Waals surface area contributed by atoms with Crippen molar-refractivity contribution in [3.63, 3.8) is 0 Å². The second-order valence-corrected chi connectivity index (χ2v) is 3.68. The number of hydrogen-bond acceptors (Lipinski definition) is 3. The number of ether oxygens (including phenoxy) is 1. The largest absolute Gasteiger partial charge is 0.484 e. The molecule has 17 heavy (non-hydrogen) atoms. The molecule has 0 atom stereocenters. The molecule has 0 spiro atoms. The van der Waals surface area contributed by atoms with Gasteiger partial charge in [0.05, 0.1) is 0 Å². The van der Waals surface area contributed by atoms with Gasteiger partial charge in [-0.2, -0.15) is 0 Å². The van der Waals surface area contributed by atoms with E-state index in [-0.39, 0.29) is 12.5 Å².